The van der Waals surface area contributed by atoms with Crippen LogP contribution in [-0.4, -0.2) is 22.6 Å². The second-order valence-electron chi connectivity index (χ2n) is 6.26. The number of hydrogen-bond acceptors (Lipinski definition) is 5. The molecule has 29 heavy (non-hydrogen) atoms. The molecule has 1 aliphatic heterocycles. The van der Waals surface area contributed by atoms with Gasteiger partial charge in [0.25, 0.3) is 5.69 Å². The van der Waals surface area contributed by atoms with Gasteiger partial charge in [-0.1, -0.05) is 0 Å². The van der Waals surface area contributed by atoms with Gasteiger partial charge in [0, 0.05) is 23.5 Å². The first-order valence-electron chi connectivity index (χ1n) is 8.82. The number of nitro benzene ring substituents is 1. The Balaban J connectivity index is 2.09. The minimum Gasteiger partial charge on any atom is -0.463 e. The molecule has 7 nitrogen and oxygen atoms in total. The van der Waals surface area contributed by atoms with Crippen LogP contribution in [0, 0.1) is 15.9 Å². The first-order valence-corrected chi connectivity index (χ1v) is 9.22. The molecular weight excluding hydrogens is 397 g/mol. The SMILES string of the molecule is CCOC(=O)C1=C(C)N(c2ccc(F)cc2)C(=S)N[C@@H]1c1ccc([N+](=O)[O-])cc1. The van der Waals surface area contributed by atoms with E-state index in [-0.39, 0.29) is 18.1 Å². The van der Waals surface area contributed by atoms with Gasteiger partial charge < -0.3 is 10.1 Å². The van der Waals surface area contributed by atoms with Crippen LogP contribution in [0.2, 0.25) is 0 Å². The summed E-state index contributed by atoms with van der Waals surface area (Å²) in [6.45, 7) is 3.61. The van der Waals surface area contributed by atoms with E-state index >= 15 is 0 Å². The number of halogens is 1. The highest BCUT2D eigenvalue weighted by Gasteiger charge is 2.35. The maximum atomic E-state index is 13.3. The largest absolute Gasteiger partial charge is 0.463 e. The zero-order valence-electron chi connectivity index (χ0n) is 15.7. The first-order chi connectivity index (χ1) is 13.8. The molecule has 0 amide bonds. The first kappa shape index (κ1) is 20.4. The van der Waals surface area contributed by atoms with Crippen molar-refractivity contribution in [3.05, 3.63) is 81.3 Å². The van der Waals surface area contributed by atoms with E-state index < -0.39 is 16.9 Å². The standard InChI is InChI=1S/C20H18FN3O4S/c1-3-28-19(25)17-12(2)23(15-10-6-14(21)7-11-15)20(29)22-18(17)13-4-8-16(9-5-13)24(26)27/h4-11,18H,3H2,1-2H3,(H,22,29)/t18-/m1/s1. The number of non-ortho nitro benzene ring substituents is 1. The van der Waals surface area contributed by atoms with Gasteiger partial charge in [-0.3, -0.25) is 15.0 Å². The van der Waals surface area contributed by atoms with Gasteiger partial charge in [0.2, 0.25) is 0 Å². The number of allylic oxidation sites excluding steroid dienone is 1. The Morgan fingerprint density at radius 3 is 2.41 bits per heavy atom. The highest BCUT2D eigenvalue weighted by molar-refractivity contribution is 7.80. The van der Waals surface area contributed by atoms with Crippen molar-refractivity contribution in [3.63, 3.8) is 0 Å². The van der Waals surface area contributed by atoms with E-state index in [2.05, 4.69) is 5.32 Å². The Bertz CT molecular complexity index is 990. The van der Waals surface area contributed by atoms with Crippen LogP contribution in [0.5, 0.6) is 0 Å². The Hall–Kier alpha value is -3.33. The number of carbonyl (C=O) groups is 1. The molecule has 0 spiro atoms. The summed E-state index contributed by atoms with van der Waals surface area (Å²) in [5, 5.41) is 14.3. The van der Waals surface area contributed by atoms with E-state index in [1.165, 1.54) is 24.3 Å². The van der Waals surface area contributed by atoms with E-state index in [1.807, 2.05) is 0 Å². The van der Waals surface area contributed by atoms with Crippen molar-refractivity contribution in [1.29, 1.82) is 0 Å². The lowest BCUT2D eigenvalue weighted by Crippen LogP contribution is -2.48. The number of esters is 1. The Morgan fingerprint density at radius 2 is 1.86 bits per heavy atom. The molecule has 150 valence electrons. The van der Waals surface area contributed by atoms with Crippen molar-refractivity contribution in [3.8, 4) is 0 Å². The molecule has 1 N–H and O–H groups in total. The van der Waals surface area contributed by atoms with Gasteiger partial charge >= 0.3 is 5.97 Å². The van der Waals surface area contributed by atoms with Crippen LogP contribution >= 0.6 is 12.2 Å². The van der Waals surface area contributed by atoms with Gasteiger partial charge in [0.15, 0.2) is 5.11 Å². The normalized spacial score (nSPS) is 16.4. The summed E-state index contributed by atoms with van der Waals surface area (Å²) in [7, 11) is 0. The molecule has 0 fully saturated rings. The number of ether oxygens (including phenoxy) is 1. The summed E-state index contributed by atoms with van der Waals surface area (Å²) in [6.07, 6.45) is 0. The smallest absolute Gasteiger partial charge is 0.338 e. The second-order valence-corrected chi connectivity index (χ2v) is 6.65. The summed E-state index contributed by atoms with van der Waals surface area (Å²) in [6, 6.07) is 10.9. The zero-order valence-corrected chi connectivity index (χ0v) is 16.5. The Kier molecular flexibility index (Phi) is 5.88. The van der Waals surface area contributed by atoms with Crippen LogP contribution in [0.1, 0.15) is 25.5 Å². The predicted molar refractivity (Wildman–Crippen MR) is 110 cm³/mol. The average molecular weight is 415 g/mol. The van der Waals surface area contributed by atoms with Crippen molar-refractivity contribution in [2.75, 3.05) is 11.5 Å². The molecule has 1 aliphatic rings. The van der Waals surface area contributed by atoms with E-state index in [0.717, 1.165) is 0 Å². The topological polar surface area (TPSA) is 84.7 Å². The third kappa shape index (κ3) is 4.09. The number of hydrogen-bond donors (Lipinski definition) is 1. The number of rotatable bonds is 5. The third-order valence-corrected chi connectivity index (χ3v) is 4.80. The number of nitro groups is 1. The Morgan fingerprint density at radius 1 is 1.24 bits per heavy atom. The molecule has 3 rings (SSSR count). The third-order valence-electron chi connectivity index (χ3n) is 4.50. The van der Waals surface area contributed by atoms with Crippen LogP contribution in [-0.2, 0) is 9.53 Å². The summed E-state index contributed by atoms with van der Waals surface area (Å²) in [4.78, 5) is 24.8. The molecule has 0 unspecified atom stereocenters. The monoisotopic (exact) mass is 415 g/mol. The van der Waals surface area contributed by atoms with Gasteiger partial charge in [-0.25, -0.2) is 9.18 Å². The van der Waals surface area contributed by atoms with Gasteiger partial charge in [-0.2, -0.15) is 0 Å². The number of anilines is 1. The molecule has 0 saturated carbocycles. The summed E-state index contributed by atoms with van der Waals surface area (Å²) < 4.78 is 18.6. The van der Waals surface area contributed by atoms with E-state index in [1.54, 1.807) is 43.0 Å². The molecule has 2 aromatic rings. The fraction of sp³-hybridized carbons (Fsp3) is 0.200. The zero-order chi connectivity index (χ0) is 21.1. The fourth-order valence-corrected chi connectivity index (χ4v) is 3.52. The van der Waals surface area contributed by atoms with Crippen LogP contribution in [0.25, 0.3) is 0 Å². The van der Waals surface area contributed by atoms with Gasteiger partial charge in [-0.15, -0.1) is 0 Å². The molecule has 2 aromatic carbocycles. The van der Waals surface area contributed by atoms with Crippen molar-refractivity contribution in [1.82, 2.24) is 5.32 Å². The van der Waals surface area contributed by atoms with Gasteiger partial charge in [0.05, 0.1) is 23.1 Å². The van der Waals surface area contributed by atoms with Crippen LogP contribution < -0.4 is 10.2 Å². The van der Waals surface area contributed by atoms with Gasteiger partial charge in [0.1, 0.15) is 5.82 Å². The molecule has 0 aliphatic carbocycles. The Labute approximate surface area is 171 Å². The molecule has 0 bridgehead atoms. The number of nitrogens with zero attached hydrogens (tertiary/aromatic N) is 2. The van der Waals surface area contributed by atoms with Crippen LogP contribution in [0.3, 0.4) is 0 Å². The average Bonchev–Trinajstić information content (AvgIpc) is 2.69. The highest BCUT2D eigenvalue weighted by atomic mass is 32.1. The van der Waals surface area contributed by atoms with Crippen molar-refractivity contribution < 1.29 is 18.8 Å². The molecule has 0 aromatic heterocycles. The lowest BCUT2D eigenvalue weighted by atomic mass is 9.94. The van der Waals surface area contributed by atoms with Crippen molar-refractivity contribution in [2.24, 2.45) is 0 Å². The molecule has 0 saturated heterocycles. The van der Waals surface area contributed by atoms with Gasteiger partial charge in [-0.05, 0) is 68.0 Å². The number of benzene rings is 2. The minimum absolute atomic E-state index is 0.0570. The molecule has 9 heteroatoms. The lowest BCUT2D eigenvalue weighted by molar-refractivity contribution is -0.384. The number of carbonyl (C=O) groups excluding carboxylic acids is 1. The van der Waals surface area contributed by atoms with E-state index in [0.29, 0.717) is 27.6 Å². The van der Waals surface area contributed by atoms with Crippen LogP contribution in [0.15, 0.2) is 59.8 Å². The van der Waals surface area contributed by atoms with Crippen molar-refractivity contribution >= 4 is 34.7 Å². The summed E-state index contributed by atoms with van der Waals surface area (Å²) in [5.41, 5.74) is 2.00. The highest BCUT2D eigenvalue weighted by Crippen LogP contribution is 2.34. The minimum atomic E-state index is -0.640. The second kappa shape index (κ2) is 8.36. The maximum Gasteiger partial charge on any atom is 0.338 e. The van der Waals surface area contributed by atoms with E-state index in [9.17, 15) is 19.3 Å². The summed E-state index contributed by atoms with van der Waals surface area (Å²) in [5.74, 6) is -0.920. The number of thiocarbonyl (C=S) groups is 1. The van der Waals surface area contributed by atoms with Crippen LogP contribution in [0.4, 0.5) is 15.8 Å². The fourth-order valence-electron chi connectivity index (χ4n) is 3.16. The van der Waals surface area contributed by atoms with Crippen molar-refractivity contribution in [2.45, 2.75) is 19.9 Å². The quantitative estimate of drug-likeness (QED) is 0.342. The molecule has 0 radical (unpaired) electrons. The molecule has 1 atom stereocenters. The summed E-state index contributed by atoms with van der Waals surface area (Å²) >= 11 is 5.49. The van der Waals surface area contributed by atoms with E-state index in [4.69, 9.17) is 17.0 Å². The number of nitrogens with one attached hydrogen (secondary N) is 1. The maximum absolute atomic E-state index is 13.3. The lowest BCUT2D eigenvalue weighted by Gasteiger charge is -2.37. The molecule has 1 heterocycles. The molecular formula is C20H18FN3O4S. The predicted octanol–water partition coefficient (Wildman–Crippen LogP) is 4.01.